The second-order valence-electron chi connectivity index (χ2n) is 5.82. The lowest BCUT2D eigenvalue weighted by Crippen LogP contribution is -2.40. The van der Waals surface area contributed by atoms with E-state index in [9.17, 15) is 18.0 Å². The number of carbonyl (C=O) groups is 2. The van der Waals surface area contributed by atoms with Crippen molar-refractivity contribution in [2.45, 2.75) is 17.9 Å². The second kappa shape index (κ2) is 7.94. The van der Waals surface area contributed by atoms with Gasteiger partial charge in [0, 0.05) is 27.2 Å². The molecule has 2 rings (SSSR count). The van der Waals surface area contributed by atoms with Crippen molar-refractivity contribution in [1.82, 2.24) is 9.21 Å². The van der Waals surface area contributed by atoms with E-state index in [1.807, 2.05) is 0 Å². The van der Waals surface area contributed by atoms with Gasteiger partial charge in [0.15, 0.2) is 6.10 Å². The van der Waals surface area contributed by atoms with Gasteiger partial charge >= 0.3 is 5.97 Å². The highest BCUT2D eigenvalue weighted by Gasteiger charge is 2.27. The van der Waals surface area contributed by atoms with Gasteiger partial charge in [0.2, 0.25) is 10.0 Å². The lowest BCUT2D eigenvalue weighted by Gasteiger charge is -2.26. The van der Waals surface area contributed by atoms with E-state index in [1.165, 1.54) is 40.4 Å². The molecule has 1 aromatic carbocycles. The van der Waals surface area contributed by atoms with Crippen LogP contribution < -0.4 is 0 Å². The molecule has 1 heterocycles. The van der Waals surface area contributed by atoms with E-state index in [4.69, 9.17) is 9.47 Å². The van der Waals surface area contributed by atoms with E-state index in [-0.39, 0.29) is 16.4 Å². The minimum absolute atomic E-state index is 0.100. The summed E-state index contributed by atoms with van der Waals surface area (Å²) in [5.74, 6) is -1.02. The molecule has 0 aromatic heterocycles. The van der Waals surface area contributed by atoms with E-state index < -0.39 is 22.1 Å². The molecule has 0 aliphatic carbocycles. The van der Waals surface area contributed by atoms with Crippen molar-refractivity contribution in [3.05, 3.63) is 29.8 Å². The summed E-state index contributed by atoms with van der Waals surface area (Å²) in [5.41, 5.74) is 0.180. The monoisotopic (exact) mass is 370 g/mol. The van der Waals surface area contributed by atoms with Gasteiger partial charge in [-0.05, 0) is 31.2 Å². The summed E-state index contributed by atoms with van der Waals surface area (Å²) in [7, 11) is -0.477. The molecular formula is C16H22N2O6S. The summed E-state index contributed by atoms with van der Waals surface area (Å²) in [4.78, 5) is 25.2. The molecule has 1 aromatic rings. The highest BCUT2D eigenvalue weighted by atomic mass is 32.2. The quantitative estimate of drug-likeness (QED) is 0.694. The Balaban J connectivity index is 2.08. The number of sulfonamides is 1. The van der Waals surface area contributed by atoms with Gasteiger partial charge in [0.05, 0.1) is 23.7 Å². The van der Waals surface area contributed by atoms with Crippen LogP contribution in [0.1, 0.15) is 17.3 Å². The van der Waals surface area contributed by atoms with Crippen molar-refractivity contribution in [2.24, 2.45) is 0 Å². The molecule has 0 N–H and O–H groups in total. The maximum absolute atomic E-state index is 12.5. The number of hydrogen-bond donors (Lipinski definition) is 0. The van der Waals surface area contributed by atoms with Crippen LogP contribution in [0.2, 0.25) is 0 Å². The van der Waals surface area contributed by atoms with E-state index in [0.29, 0.717) is 26.3 Å². The summed E-state index contributed by atoms with van der Waals surface area (Å²) < 4.78 is 36.6. The Bertz CT molecular complexity index is 723. The fourth-order valence-corrected chi connectivity index (χ4v) is 3.75. The molecule has 1 amide bonds. The van der Waals surface area contributed by atoms with Gasteiger partial charge in [-0.1, -0.05) is 0 Å². The van der Waals surface area contributed by atoms with Crippen molar-refractivity contribution < 1.29 is 27.5 Å². The molecule has 1 fully saturated rings. The topological polar surface area (TPSA) is 93.2 Å². The average molecular weight is 370 g/mol. The Morgan fingerprint density at radius 2 is 1.72 bits per heavy atom. The zero-order chi connectivity index (χ0) is 18.6. The molecule has 0 saturated carbocycles. The van der Waals surface area contributed by atoms with Gasteiger partial charge in [-0.3, -0.25) is 4.79 Å². The number of esters is 1. The van der Waals surface area contributed by atoms with Gasteiger partial charge in [-0.15, -0.1) is 0 Å². The zero-order valence-corrected chi connectivity index (χ0v) is 15.3. The van der Waals surface area contributed by atoms with Crippen molar-refractivity contribution >= 4 is 21.9 Å². The smallest absolute Gasteiger partial charge is 0.338 e. The van der Waals surface area contributed by atoms with Crippen molar-refractivity contribution in [2.75, 3.05) is 40.4 Å². The highest BCUT2D eigenvalue weighted by molar-refractivity contribution is 7.89. The zero-order valence-electron chi connectivity index (χ0n) is 14.5. The first-order valence-corrected chi connectivity index (χ1v) is 9.27. The standard InChI is InChI=1S/C16H22N2O6S/c1-12(15(19)17(2)3)24-16(20)13-4-6-14(7-5-13)25(21,22)18-8-10-23-11-9-18/h4-7,12H,8-11H2,1-3H3/t12-/m0/s1. The molecule has 25 heavy (non-hydrogen) atoms. The Hall–Kier alpha value is -1.97. The largest absolute Gasteiger partial charge is 0.449 e. The SMILES string of the molecule is C[C@H](OC(=O)c1ccc(S(=O)(=O)N2CCOCC2)cc1)C(=O)N(C)C. The molecular weight excluding hydrogens is 348 g/mol. The van der Waals surface area contributed by atoms with E-state index in [1.54, 1.807) is 14.1 Å². The Morgan fingerprint density at radius 3 is 2.24 bits per heavy atom. The Labute approximate surface area is 147 Å². The molecule has 0 unspecified atom stereocenters. The van der Waals surface area contributed by atoms with Crippen LogP contribution in [0.5, 0.6) is 0 Å². The van der Waals surface area contributed by atoms with Crippen LogP contribution in [0.3, 0.4) is 0 Å². The number of amides is 1. The molecule has 9 heteroatoms. The maximum atomic E-state index is 12.5. The average Bonchev–Trinajstić information content (AvgIpc) is 2.61. The van der Waals surface area contributed by atoms with E-state index >= 15 is 0 Å². The van der Waals surface area contributed by atoms with Gasteiger partial charge < -0.3 is 14.4 Å². The molecule has 0 bridgehead atoms. The summed E-state index contributed by atoms with van der Waals surface area (Å²) in [5, 5.41) is 0. The number of likely N-dealkylation sites (N-methyl/N-ethyl adjacent to an activating group) is 1. The van der Waals surface area contributed by atoms with Crippen molar-refractivity contribution in [1.29, 1.82) is 0 Å². The minimum Gasteiger partial charge on any atom is -0.449 e. The van der Waals surface area contributed by atoms with Crippen LogP contribution in [-0.2, 0) is 24.3 Å². The fourth-order valence-electron chi connectivity index (χ4n) is 2.34. The summed E-state index contributed by atoms with van der Waals surface area (Å²) in [6, 6.07) is 5.48. The van der Waals surface area contributed by atoms with Crippen molar-refractivity contribution in [3.8, 4) is 0 Å². The minimum atomic E-state index is -3.61. The number of morpholine rings is 1. The molecule has 1 aliphatic heterocycles. The summed E-state index contributed by atoms with van der Waals surface area (Å²) >= 11 is 0. The first kappa shape index (κ1) is 19.4. The number of carbonyl (C=O) groups excluding carboxylic acids is 2. The van der Waals surface area contributed by atoms with Crippen LogP contribution in [-0.4, -0.2) is 76.0 Å². The summed E-state index contributed by atoms with van der Waals surface area (Å²) in [6.07, 6.45) is -0.917. The molecule has 1 aliphatic rings. The number of nitrogens with zero attached hydrogens (tertiary/aromatic N) is 2. The van der Waals surface area contributed by atoms with Gasteiger partial charge in [0.1, 0.15) is 0 Å². The molecule has 0 radical (unpaired) electrons. The summed E-state index contributed by atoms with van der Waals surface area (Å²) in [6.45, 7) is 2.81. The third kappa shape index (κ3) is 4.56. The Kier molecular flexibility index (Phi) is 6.15. The third-order valence-corrected chi connectivity index (χ3v) is 5.68. The predicted octanol–water partition coefficient (Wildman–Crippen LogP) is 0.341. The van der Waals surface area contributed by atoms with Crippen molar-refractivity contribution in [3.63, 3.8) is 0 Å². The first-order valence-electron chi connectivity index (χ1n) is 7.83. The fraction of sp³-hybridized carbons (Fsp3) is 0.500. The maximum Gasteiger partial charge on any atom is 0.338 e. The molecule has 138 valence electrons. The van der Waals surface area contributed by atoms with Crippen LogP contribution in [0.15, 0.2) is 29.2 Å². The number of rotatable bonds is 5. The van der Waals surface area contributed by atoms with Crippen LogP contribution in [0, 0.1) is 0 Å². The molecule has 0 spiro atoms. The highest BCUT2D eigenvalue weighted by Crippen LogP contribution is 2.18. The third-order valence-electron chi connectivity index (χ3n) is 3.77. The van der Waals surface area contributed by atoms with Gasteiger partial charge in [0.25, 0.3) is 5.91 Å². The van der Waals surface area contributed by atoms with Gasteiger partial charge in [-0.25, -0.2) is 13.2 Å². The Morgan fingerprint density at radius 1 is 1.16 bits per heavy atom. The van der Waals surface area contributed by atoms with E-state index in [2.05, 4.69) is 0 Å². The van der Waals surface area contributed by atoms with Crippen LogP contribution in [0.4, 0.5) is 0 Å². The predicted molar refractivity (Wildman–Crippen MR) is 89.6 cm³/mol. The lowest BCUT2D eigenvalue weighted by molar-refractivity contribution is -0.137. The van der Waals surface area contributed by atoms with Gasteiger partial charge in [-0.2, -0.15) is 4.31 Å². The van der Waals surface area contributed by atoms with E-state index in [0.717, 1.165) is 0 Å². The molecule has 1 atom stereocenters. The van der Waals surface area contributed by atoms with Crippen LogP contribution in [0.25, 0.3) is 0 Å². The first-order chi connectivity index (χ1) is 11.7. The number of benzene rings is 1. The second-order valence-corrected chi connectivity index (χ2v) is 7.76. The number of ether oxygens (including phenoxy) is 2. The normalized spacial score (nSPS) is 16.9. The lowest BCUT2D eigenvalue weighted by atomic mass is 10.2. The van der Waals surface area contributed by atoms with Crippen LogP contribution >= 0.6 is 0 Å². The molecule has 8 nitrogen and oxygen atoms in total. The number of hydrogen-bond acceptors (Lipinski definition) is 6. The molecule has 1 saturated heterocycles.